The number of hydrogen-bond acceptors (Lipinski definition) is 4. The molecule has 5 heteroatoms. The van der Waals surface area contributed by atoms with Crippen molar-refractivity contribution in [3.05, 3.63) is 0 Å². The quantitative estimate of drug-likeness (QED) is 0.549. The van der Waals surface area contributed by atoms with E-state index in [1.165, 1.54) is 37.0 Å². The number of carbonyl (C=O) groups is 3. The van der Waals surface area contributed by atoms with Gasteiger partial charge in [-0.05, 0) is 81.5 Å². The Labute approximate surface area is 167 Å². The number of nitrogens with zero attached hydrogens (tertiary/aromatic N) is 1. The molecule has 0 radical (unpaired) electrons. The Morgan fingerprint density at radius 1 is 0.821 bits per heavy atom. The third-order valence-corrected chi connectivity index (χ3v) is 8.79. The van der Waals surface area contributed by atoms with Gasteiger partial charge in [-0.3, -0.25) is 19.3 Å². The fourth-order valence-corrected chi connectivity index (χ4v) is 7.20. The molecule has 6 rings (SSSR count). The van der Waals surface area contributed by atoms with E-state index in [1.807, 2.05) is 13.8 Å². The van der Waals surface area contributed by atoms with Crippen molar-refractivity contribution in [2.75, 3.05) is 0 Å². The molecule has 28 heavy (non-hydrogen) atoms. The lowest BCUT2D eigenvalue weighted by Crippen LogP contribution is -2.50. The number of rotatable bonds is 3. The molecule has 0 aromatic rings. The molecule has 5 saturated carbocycles. The van der Waals surface area contributed by atoms with E-state index in [-0.39, 0.29) is 47.7 Å². The first kappa shape index (κ1) is 18.6. The third kappa shape index (κ3) is 2.91. The molecular formula is C23H33NO4. The lowest BCUT2D eigenvalue weighted by molar-refractivity contribution is -0.176. The average Bonchev–Trinajstić information content (AvgIpc) is 2.87. The van der Waals surface area contributed by atoms with Crippen LogP contribution in [0.2, 0.25) is 0 Å². The summed E-state index contributed by atoms with van der Waals surface area (Å²) in [5, 5.41) is 0. The van der Waals surface area contributed by atoms with Crippen LogP contribution in [0.3, 0.4) is 0 Å². The fraction of sp³-hybridized carbons (Fsp3) is 0.870. The maximum atomic E-state index is 12.9. The first-order chi connectivity index (χ1) is 13.4. The van der Waals surface area contributed by atoms with Crippen LogP contribution in [0, 0.1) is 41.4 Å². The lowest BCUT2D eigenvalue weighted by atomic mass is 9.55. The van der Waals surface area contributed by atoms with E-state index >= 15 is 0 Å². The molecule has 2 unspecified atom stereocenters. The Bertz CT molecular complexity index is 632. The maximum absolute atomic E-state index is 12.9. The molecule has 2 amide bonds. The second-order valence-electron chi connectivity index (χ2n) is 10.5. The Balaban J connectivity index is 1.17. The second-order valence-corrected chi connectivity index (χ2v) is 10.5. The number of carbonyl (C=O) groups excluding carboxylic acids is 3. The Morgan fingerprint density at radius 3 is 1.82 bits per heavy atom. The zero-order valence-electron chi connectivity index (χ0n) is 17.1. The predicted octanol–water partition coefficient (Wildman–Crippen LogP) is 3.55. The lowest BCUT2D eigenvalue weighted by Gasteiger charge is -2.53. The summed E-state index contributed by atoms with van der Waals surface area (Å²) in [7, 11) is 0. The van der Waals surface area contributed by atoms with Crippen LogP contribution in [0.5, 0.6) is 0 Å². The number of likely N-dealkylation sites (tertiary alicyclic amines) is 1. The van der Waals surface area contributed by atoms with Gasteiger partial charge in [0.1, 0.15) is 6.10 Å². The summed E-state index contributed by atoms with van der Waals surface area (Å²) in [6, 6.07) is -0.0300. The van der Waals surface area contributed by atoms with Crippen molar-refractivity contribution in [2.45, 2.75) is 83.8 Å². The minimum Gasteiger partial charge on any atom is -0.462 e. The van der Waals surface area contributed by atoms with Crippen LogP contribution in [0.4, 0.5) is 0 Å². The molecule has 154 valence electrons. The molecule has 1 heterocycles. The van der Waals surface area contributed by atoms with Gasteiger partial charge in [0.05, 0.1) is 5.92 Å². The zero-order chi connectivity index (χ0) is 19.6. The molecule has 0 N–H and O–H groups in total. The summed E-state index contributed by atoms with van der Waals surface area (Å²) in [5.74, 6) is 2.39. The SMILES string of the molecule is CC1C(=O)N(C2CCC(C(=O)OC3C4CC5CC(C4)CC3C5)CC2)C(=O)C1C. The molecular weight excluding hydrogens is 354 g/mol. The van der Waals surface area contributed by atoms with Crippen LogP contribution in [-0.4, -0.2) is 34.8 Å². The van der Waals surface area contributed by atoms with E-state index < -0.39 is 0 Å². The van der Waals surface area contributed by atoms with E-state index in [1.54, 1.807) is 0 Å². The first-order valence-corrected chi connectivity index (χ1v) is 11.5. The van der Waals surface area contributed by atoms with Gasteiger partial charge in [-0.25, -0.2) is 0 Å². The van der Waals surface area contributed by atoms with Crippen molar-refractivity contribution >= 4 is 17.8 Å². The van der Waals surface area contributed by atoms with Crippen LogP contribution < -0.4 is 0 Å². The van der Waals surface area contributed by atoms with Crippen molar-refractivity contribution in [3.63, 3.8) is 0 Å². The Morgan fingerprint density at radius 2 is 1.32 bits per heavy atom. The summed E-state index contributed by atoms with van der Waals surface area (Å²) >= 11 is 0. The zero-order valence-corrected chi connectivity index (χ0v) is 17.1. The van der Waals surface area contributed by atoms with Gasteiger partial charge in [-0.1, -0.05) is 13.8 Å². The molecule has 0 aromatic carbocycles. The van der Waals surface area contributed by atoms with Crippen LogP contribution >= 0.6 is 0 Å². The van der Waals surface area contributed by atoms with Gasteiger partial charge in [-0.15, -0.1) is 0 Å². The Kier molecular flexibility index (Phi) is 4.55. The van der Waals surface area contributed by atoms with E-state index in [9.17, 15) is 14.4 Å². The van der Waals surface area contributed by atoms with Gasteiger partial charge >= 0.3 is 5.97 Å². The van der Waals surface area contributed by atoms with E-state index in [0.717, 1.165) is 37.5 Å². The summed E-state index contributed by atoms with van der Waals surface area (Å²) < 4.78 is 6.12. The first-order valence-electron chi connectivity index (χ1n) is 11.5. The molecule has 5 nitrogen and oxygen atoms in total. The topological polar surface area (TPSA) is 63.7 Å². The third-order valence-electron chi connectivity index (χ3n) is 8.79. The van der Waals surface area contributed by atoms with Crippen molar-refractivity contribution in [1.29, 1.82) is 0 Å². The minimum absolute atomic E-state index is 0.0169. The minimum atomic E-state index is -0.216. The monoisotopic (exact) mass is 387 g/mol. The van der Waals surface area contributed by atoms with Crippen molar-refractivity contribution in [2.24, 2.45) is 41.4 Å². The smallest absolute Gasteiger partial charge is 0.309 e. The number of hydrogen-bond donors (Lipinski definition) is 0. The summed E-state index contributed by atoms with van der Waals surface area (Å²) in [5.41, 5.74) is 0. The fourth-order valence-electron chi connectivity index (χ4n) is 7.20. The number of imide groups is 1. The van der Waals surface area contributed by atoms with Gasteiger partial charge in [0.2, 0.25) is 11.8 Å². The highest BCUT2D eigenvalue weighted by atomic mass is 16.5. The summed E-state index contributed by atoms with van der Waals surface area (Å²) in [6.45, 7) is 3.69. The van der Waals surface area contributed by atoms with E-state index in [0.29, 0.717) is 11.8 Å². The van der Waals surface area contributed by atoms with Crippen LogP contribution in [0.15, 0.2) is 0 Å². The van der Waals surface area contributed by atoms with Gasteiger partial charge in [0, 0.05) is 17.9 Å². The molecule has 2 atom stereocenters. The van der Waals surface area contributed by atoms with E-state index in [2.05, 4.69) is 0 Å². The molecule has 4 bridgehead atoms. The molecule has 1 aliphatic heterocycles. The number of amides is 2. The van der Waals surface area contributed by atoms with E-state index in [4.69, 9.17) is 4.74 Å². The summed E-state index contributed by atoms with van der Waals surface area (Å²) in [6.07, 6.45) is 9.52. The van der Waals surface area contributed by atoms with Crippen molar-refractivity contribution in [1.82, 2.24) is 4.90 Å². The second kappa shape index (κ2) is 6.84. The summed E-state index contributed by atoms with van der Waals surface area (Å²) in [4.78, 5) is 39.3. The highest BCUT2D eigenvalue weighted by Crippen LogP contribution is 2.54. The van der Waals surface area contributed by atoms with Crippen LogP contribution in [0.25, 0.3) is 0 Å². The van der Waals surface area contributed by atoms with Crippen LogP contribution in [0.1, 0.15) is 71.6 Å². The highest BCUT2D eigenvalue weighted by molar-refractivity contribution is 6.05. The Hall–Kier alpha value is -1.39. The molecule has 0 spiro atoms. The number of ether oxygens (including phenoxy) is 1. The normalized spacial score (nSPS) is 47.6. The molecule has 6 fully saturated rings. The number of esters is 1. The highest BCUT2D eigenvalue weighted by Gasteiger charge is 2.51. The molecule has 0 aromatic heterocycles. The van der Waals surface area contributed by atoms with Gasteiger partial charge in [0.15, 0.2) is 0 Å². The largest absolute Gasteiger partial charge is 0.462 e. The molecule has 5 aliphatic carbocycles. The average molecular weight is 388 g/mol. The van der Waals surface area contributed by atoms with Gasteiger partial charge < -0.3 is 4.74 Å². The van der Waals surface area contributed by atoms with Gasteiger partial charge in [-0.2, -0.15) is 0 Å². The predicted molar refractivity (Wildman–Crippen MR) is 103 cm³/mol. The molecule has 1 saturated heterocycles. The maximum Gasteiger partial charge on any atom is 0.309 e. The molecule has 6 aliphatic rings. The van der Waals surface area contributed by atoms with Crippen LogP contribution in [-0.2, 0) is 19.1 Å². The van der Waals surface area contributed by atoms with Crippen molar-refractivity contribution < 1.29 is 19.1 Å². The van der Waals surface area contributed by atoms with Crippen molar-refractivity contribution in [3.8, 4) is 0 Å². The van der Waals surface area contributed by atoms with Gasteiger partial charge in [0.25, 0.3) is 0 Å². The standard InChI is InChI=1S/C23H33NO4/c1-12-13(2)22(26)24(21(12)25)19-5-3-16(4-6-19)23(27)28-20-17-8-14-7-15(10-17)11-18(20)9-14/h12-20H,3-11H2,1-2H3.